The van der Waals surface area contributed by atoms with Gasteiger partial charge in [0, 0.05) is 18.7 Å². The second-order valence-electron chi connectivity index (χ2n) is 6.00. The molecular weight excluding hydrogens is 300 g/mol. The summed E-state index contributed by atoms with van der Waals surface area (Å²) >= 11 is 0. The average Bonchev–Trinajstić information content (AvgIpc) is 2.27. The van der Waals surface area contributed by atoms with Gasteiger partial charge >= 0.3 is 0 Å². The zero-order chi connectivity index (χ0) is 14.5. The second kappa shape index (κ2) is 8.20. The molecule has 1 amide bonds. The summed E-state index contributed by atoms with van der Waals surface area (Å²) in [5.74, 6) is -0.0996. The van der Waals surface area contributed by atoms with Crippen LogP contribution < -0.4 is 11.1 Å². The molecule has 1 saturated carbocycles. The fourth-order valence-corrected chi connectivity index (χ4v) is 3.91. The topological polar surface area (TPSA) is 89.3 Å². The van der Waals surface area contributed by atoms with E-state index >= 15 is 0 Å². The minimum Gasteiger partial charge on any atom is -0.353 e. The number of hydrogen-bond donors (Lipinski definition) is 2. The molecule has 0 aromatic carbocycles. The molecule has 1 atom stereocenters. The van der Waals surface area contributed by atoms with Crippen molar-refractivity contribution < 1.29 is 13.2 Å². The van der Waals surface area contributed by atoms with E-state index in [0.717, 1.165) is 25.7 Å². The Labute approximate surface area is 128 Å². The van der Waals surface area contributed by atoms with Gasteiger partial charge in [0.2, 0.25) is 5.91 Å². The Balaban J connectivity index is 0.00000361. The first-order valence-corrected chi connectivity index (χ1v) is 9.00. The van der Waals surface area contributed by atoms with Crippen LogP contribution in [0.3, 0.4) is 0 Å². The molecule has 20 heavy (non-hydrogen) atoms. The molecule has 7 heteroatoms. The predicted molar refractivity (Wildman–Crippen MR) is 83.8 cm³/mol. The highest BCUT2D eigenvalue weighted by Gasteiger charge is 2.33. The molecule has 1 unspecified atom stereocenters. The number of hydrogen-bond acceptors (Lipinski definition) is 4. The standard InChI is InChI=1S/C13H26N2O3S.ClH/c1-11(9-19(2,17)18)15-12(16)8-13(10-14)6-4-3-5-7-13;/h11H,3-10,14H2,1-2H3,(H,15,16);1H. The number of nitrogens with two attached hydrogens (primary N) is 1. The Hall–Kier alpha value is -0.330. The molecule has 1 aliphatic carbocycles. The quantitative estimate of drug-likeness (QED) is 0.769. The summed E-state index contributed by atoms with van der Waals surface area (Å²) in [4.78, 5) is 12.0. The van der Waals surface area contributed by atoms with Gasteiger partial charge in [-0.25, -0.2) is 8.42 Å². The van der Waals surface area contributed by atoms with Crippen molar-refractivity contribution in [1.82, 2.24) is 5.32 Å². The highest BCUT2D eigenvalue weighted by molar-refractivity contribution is 7.90. The monoisotopic (exact) mass is 326 g/mol. The van der Waals surface area contributed by atoms with Crippen LogP contribution >= 0.6 is 12.4 Å². The highest BCUT2D eigenvalue weighted by Crippen LogP contribution is 2.38. The summed E-state index contributed by atoms with van der Waals surface area (Å²) in [6.45, 7) is 2.25. The van der Waals surface area contributed by atoms with Gasteiger partial charge in [0.15, 0.2) is 0 Å². The number of rotatable bonds is 6. The van der Waals surface area contributed by atoms with Crippen LogP contribution in [0.1, 0.15) is 45.4 Å². The lowest BCUT2D eigenvalue weighted by atomic mass is 9.71. The Morgan fingerprint density at radius 2 is 1.85 bits per heavy atom. The number of carbonyl (C=O) groups excluding carboxylic acids is 1. The van der Waals surface area contributed by atoms with Crippen molar-refractivity contribution in [3.63, 3.8) is 0 Å². The molecular formula is C13H27ClN2O3S. The molecule has 1 aliphatic rings. The molecule has 1 rings (SSSR count). The third-order valence-corrected chi connectivity index (χ3v) is 4.95. The van der Waals surface area contributed by atoms with Gasteiger partial charge in [-0.05, 0) is 31.7 Å². The Morgan fingerprint density at radius 1 is 1.30 bits per heavy atom. The van der Waals surface area contributed by atoms with Gasteiger partial charge < -0.3 is 11.1 Å². The lowest BCUT2D eigenvalue weighted by Crippen LogP contribution is -2.42. The van der Waals surface area contributed by atoms with Gasteiger partial charge in [0.25, 0.3) is 0 Å². The maximum atomic E-state index is 12.0. The van der Waals surface area contributed by atoms with Gasteiger partial charge in [0.05, 0.1) is 5.75 Å². The molecule has 0 aromatic rings. The van der Waals surface area contributed by atoms with Crippen molar-refractivity contribution in [2.24, 2.45) is 11.1 Å². The molecule has 0 heterocycles. The first kappa shape index (κ1) is 19.7. The van der Waals surface area contributed by atoms with Crippen molar-refractivity contribution in [3.8, 4) is 0 Å². The molecule has 5 nitrogen and oxygen atoms in total. The third kappa shape index (κ3) is 6.90. The van der Waals surface area contributed by atoms with E-state index in [2.05, 4.69) is 5.32 Å². The summed E-state index contributed by atoms with van der Waals surface area (Å²) in [5.41, 5.74) is 5.77. The number of nitrogens with one attached hydrogen (secondary N) is 1. The largest absolute Gasteiger partial charge is 0.353 e. The van der Waals surface area contributed by atoms with Crippen LogP contribution in [0.4, 0.5) is 0 Å². The summed E-state index contributed by atoms with van der Waals surface area (Å²) in [7, 11) is -3.06. The number of sulfone groups is 1. The third-order valence-electron chi connectivity index (χ3n) is 3.84. The van der Waals surface area contributed by atoms with Crippen LogP contribution in [-0.2, 0) is 14.6 Å². The molecule has 0 aliphatic heterocycles. The molecule has 0 bridgehead atoms. The number of halogens is 1. The second-order valence-corrected chi connectivity index (χ2v) is 8.19. The summed E-state index contributed by atoms with van der Waals surface area (Å²) in [6.07, 6.45) is 7.06. The van der Waals surface area contributed by atoms with Crippen molar-refractivity contribution in [2.45, 2.75) is 51.5 Å². The lowest BCUT2D eigenvalue weighted by Gasteiger charge is -2.35. The van der Waals surface area contributed by atoms with E-state index in [1.807, 2.05) is 0 Å². The van der Waals surface area contributed by atoms with Crippen LogP contribution in [0, 0.1) is 5.41 Å². The smallest absolute Gasteiger partial charge is 0.220 e. The highest BCUT2D eigenvalue weighted by atomic mass is 35.5. The van der Waals surface area contributed by atoms with Gasteiger partial charge in [-0.1, -0.05) is 19.3 Å². The normalized spacial score (nSPS) is 19.8. The SMILES string of the molecule is CC(CS(C)(=O)=O)NC(=O)CC1(CN)CCCCC1.Cl. The predicted octanol–water partition coefficient (Wildman–Crippen LogP) is 1.26. The molecule has 0 aromatic heterocycles. The minimum atomic E-state index is -3.06. The van der Waals surface area contributed by atoms with E-state index in [1.54, 1.807) is 6.92 Å². The average molecular weight is 327 g/mol. The Kier molecular flexibility index (Phi) is 8.06. The van der Waals surface area contributed by atoms with E-state index < -0.39 is 9.84 Å². The molecule has 0 spiro atoms. The lowest BCUT2D eigenvalue weighted by molar-refractivity contribution is -0.124. The number of amides is 1. The molecule has 1 fully saturated rings. The fourth-order valence-electron chi connectivity index (χ4n) is 2.92. The van der Waals surface area contributed by atoms with E-state index in [1.165, 1.54) is 12.7 Å². The van der Waals surface area contributed by atoms with Crippen LogP contribution in [0.2, 0.25) is 0 Å². The van der Waals surface area contributed by atoms with Gasteiger partial charge in [0.1, 0.15) is 9.84 Å². The zero-order valence-corrected chi connectivity index (χ0v) is 14.0. The molecule has 120 valence electrons. The minimum absolute atomic E-state index is 0. The van der Waals surface area contributed by atoms with Crippen molar-refractivity contribution in [3.05, 3.63) is 0 Å². The Bertz CT molecular complexity index is 406. The first-order valence-electron chi connectivity index (χ1n) is 6.93. The summed E-state index contributed by atoms with van der Waals surface area (Å²) in [6, 6.07) is -0.346. The van der Waals surface area contributed by atoms with Gasteiger partial charge in [-0.2, -0.15) is 0 Å². The van der Waals surface area contributed by atoms with Gasteiger partial charge in [-0.3, -0.25) is 4.79 Å². The van der Waals surface area contributed by atoms with Crippen LogP contribution in [0.5, 0.6) is 0 Å². The van der Waals surface area contributed by atoms with Crippen LogP contribution in [-0.4, -0.2) is 38.9 Å². The number of carbonyl (C=O) groups is 1. The van der Waals surface area contributed by atoms with Crippen molar-refractivity contribution in [1.29, 1.82) is 0 Å². The van der Waals surface area contributed by atoms with E-state index in [-0.39, 0.29) is 35.5 Å². The van der Waals surface area contributed by atoms with Crippen LogP contribution in [0.15, 0.2) is 0 Å². The van der Waals surface area contributed by atoms with E-state index in [0.29, 0.717) is 13.0 Å². The maximum absolute atomic E-state index is 12.0. The molecule has 0 radical (unpaired) electrons. The molecule has 0 saturated heterocycles. The first-order chi connectivity index (χ1) is 8.76. The van der Waals surface area contributed by atoms with E-state index in [9.17, 15) is 13.2 Å². The van der Waals surface area contributed by atoms with Crippen LogP contribution in [0.25, 0.3) is 0 Å². The van der Waals surface area contributed by atoms with E-state index in [4.69, 9.17) is 5.73 Å². The van der Waals surface area contributed by atoms with Gasteiger partial charge in [-0.15, -0.1) is 12.4 Å². The summed E-state index contributed by atoms with van der Waals surface area (Å²) < 4.78 is 22.3. The van der Waals surface area contributed by atoms with Crippen molar-refractivity contribution >= 4 is 28.2 Å². The maximum Gasteiger partial charge on any atom is 0.220 e. The molecule has 3 N–H and O–H groups in total. The Morgan fingerprint density at radius 3 is 2.30 bits per heavy atom. The summed E-state index contributed by atoms with van der Waals surface area (Å²) in [5, 5.41) is 2.77. The van der Waals surface area contributed by atoms with Crippen molar-refractivity contribution in [2.75, 3.05) is 18.6 Å². The zero-order valence-electron chi connectivity index (χ0n) is 12.4. The fraction of sp³-hybridized carbons (Fsp3) is 0.923.